The number of nitrogens with zero attached hydrogens (tertiary/aromatic N) is 1. The lowest BCUT2D eigenvalue weighted by atomic mass is 9.63. The fourth-order valence-corrected chi connectivity index (χ4v) is 3.49. The number of anilines is 1. The highest BCUT2D eigenvalue weighted by molar-refractivity contribution is 6.10. The van der Waals surface area contributed by atoms with Gasteiger partial charge in [-0.3, -0.25) is 19.7 Å². The first-order valence-electron chi connectivity index (χ1n) is 6.57. The molecule has 1 aromatic rings. The summed E-state index contributed by atoms with van der Waals surface area (Å²) in [4.78, 5) is 37.7. The quantitative estimate of drug-likeness (QED) is 0.556. The van der Waals surface area contributed by atoms with Gasteiger partial charge >= 0.3 is 0 Å². The number of carbonyl (C=O) groups excluding carboxylic acids is 3. The zero-order valence-corrected chi connectivity index (χ0v) is 10.7. The molecule has 102 valence electrons. The molecule has 3 fully saturated rings. The van der Waals surface area contributed by atoms with E-state index < -0.39 is 5.54 Å². The number of hydrogen-bond acceptors (Lipinski definition) is 4. The highest BCUT2D eigenvalue weighted by Crippen LogP contribution is 2.48. The number of imide groups is 1. The van der Waals surface area contributed by atoms with Gasteiger partial charge < -0.3 is 10.6 Å². The van der Waals surface area contributed by atoms with Gasteiger partial charge in [-0.25, -0.2) is 0 Å². The van der Waals surface area contributed by atoms with Crippen LogP contribution in [0.1, 0.15) is 28.8 Å². The molecule has 20 heavy (non-hydrogen) atoms. The summed E-state index contributed by atoms with van der Waals surface area (Å²) in [5, 5.41) is 2.36. The van der Waals surface area contributed by atoms with Gasteiger partial charge in [-0.2, -0.15) is 0 Å². The number of rotatable bonds is 1. The molecule has 1 aromatic carbocycles. The van der Waals surface area contributed by atoms with Crippen LogP contribution in [0.25, 0.3) is 0 Å². The standard InChI is InChI=1S/C14H13N3O3/c15-9-1-2-10-7(3-9)6-17(12(10)19)14-4-8(5-14)11(18)16-13(14)20/h1-3,8H,4-6,15H2,(H,16,18,20). The highest BCUT2D eigenvalue weighted by atomic mass is 16.2. The number of nitrogen functional groups attached to an aromatic ring is 1. The van der Waals surface area contributed by atoms with Crippen LogP contribution in [0, 0.1) is 5.92 Å². The average molecular weight is 271 g/mol. The van der Waals surface area contributed by atoms with E-state index in [9.17, 15) is 14.4 Å². The minimum absolute atomic E-state index is 0.144. The van der Waals surface area contributed by atoms with Crippen LogP contribution >= 0.6 is 0 Å². The second-order valence-electron chi connectivity index (χ2n) is 5.76. The summed E-state index contributed by atoms with van der Waals surface area (Å²) in [6.45, 7) is 0.382. The third-order valence-corrected chi connectivity index (χ3v) is 4.65. The molecule has 2 saturated heterocycles. The van der Waals surface area contributed by atoms with E-state index in [2.05, 4.69) is 5.32 Å². The van der Waals surface area contributed by atoms with Crippen LogP contribution in [0.4, 0.5) is 5.69 Å². The van der Waals surface area contributed by atoms with Crippen molar-refractivity contribution in [3.63, 3.8) is 0 Å². The van der Waals surface area contributed by atoms with Crippen molar-refractivity contribution < 1.29 is 14.4 Å². The molecular weight excluding hydrogens is 258 g/mol. The maximum atomic E-state index is 12.5. The number of nitrogens with two attached hydrogens (primary N) is 1. The molecule has 1 aliphatic carbocycles. The van der Waals surface area contributed by atoms with E-state index in [1.165, 1.54) is 0 Å². The molecule has 4 aliphatic rings. The van der Waals surface area contributed by atoms with Crippen LogP contribution in [0.15, 0.2) is 18.2 Å². The molecule has 2 bridgehead atoms. The van der Waals surface area contributed by atoms with Crippen molar-refractivity contribution in [2.75, 3.05) is 5.73 Å². The summed E-state index contributed by atoms with van der Waals surface area (Å²) in [5.41, 5.74) is 6.94. The van der Waals surface area contributed by atoms with Crippen molar-refractivity contribution >= 4 is 23.4 Å². The van der Waals surface area contributed by atoms with Crippen molar-refractivity contribution in [3.05, 3.63) is 29.3 Å². The normalized spacial score (nSPS) is 30.9. The lowest BCUT2D eigenvalue weighted by Gasteiger charge is -2.53. The first-order valence-corrected chi connectivity index (χ1v) is 6.57. The zero-order chi connectivity index (χ0) is 14.1. The molecule has 0 aromatic heterocycles. The van der Waals surface area contributed by atoms with Gasteiger partial charge in [0.2, 0.25) is 5.91 Å². The molecule has 0 unspecified atom stereocenters. The van der Waals surface area contributed by atoms with Gasteiger partial charge in [-0.1, -0.05) is 0 Å². The van der Waals surface area contributed by atoms with Gasteiger partial charge in [0, 0.05) is 23.7 Å². The zero-order valence-electron chi connectivity index (χ0n) is 10.7. The van der Waals surface area contributed by atoms with Crippen LogP contribution in [0.5, 0.6) is 0 Å². The monoisotopic (exact) mass is 271 g/mol. The molecule has 5 rings (SSSR count). The summed E-state index contributed by atoms with van der Waals surface area (Å²) < 4.78 is 0. The van der Waals surface area contributed by atoms with Crippen molar-refractivity contribution in [2.45, 2.75) is 24.9 Å². The topological polar surface area (TPSA) is 92.5 Å². The van der Waals surface area contributed by atoms with E-state index >= 15 is 0 Å². The van der Waals surface area contributed by atoms with Crippen molar-refractivity contribution in [1.29, 1.82) is 0 Å². The Labute approximate surface area is 114 Å². The molecule has 3 aliphatic heterocycles. The molecule has 3 heterocycles. The first-order chi connectivity index (χ1) is 9.51. The molecular formula is C14H13N3O3. The lowest BCUT2D eigenvalue weighted by Crippen LogP contribution is -2.73. The number of hydrogen-bond donors (Lipinski definition) is 2. The summed E-state index contributed by atoms with van der Waals surface area (Å²) in [7, 11) is 0. The lowest BCUT2D eigenvalue weighted by molar-refractivity contribution is -0.160. The number of nitrogens with one attached hydrogen (secondary N) is 1. The Balaban J connectivity index is 1.71. The van der Waals surface area contributed by atoms with Crippen molar-refractivity contribution in [2.24, 2.45) is 5.92 Å². The van der Waals surface area contributed by atoms with Crippen LogP contribution < -0.4 is 11.1 Å². The summed E-state index contributed by atoms with van der Waals surface area (Å²) >= 11 is 0. The molecule has 1 saturated carbocycles. The Morgan fingerprint density at radius 3 is 2.70 bits per heavy atom. The van der Waals surface area contributed by atoms with Gasteiger partial charge in [0.25, 0.3) is 11.8 Å². The van der Waals surface area contributed by atoms with E-state index in [0.717, 1.165) is 5.56 Å². The van der Waals surface area contributed by atoms with Crippen LogP contribution in [0.3, 0.4) is 0 Å². The molecule has 0 radical (unpaired) electrons. The second-order valence-corrected chi connectivity index (χ2v) is 5.76. The number of fused-ring (bicyclic) bond motifs is 3. The molecule has 0 atom stereocenters. The fourth-order valence-electron chi connectivity index (χ4n) is 3.49. The maximum absolute atomic E-state index is 12.5. The largest absolute Gasteiger partial charge is 0.399 e. The Kier molecular flexibility index (Phi) is 1.94. The Morgan fingerprint density at radius 1 is 1.25 bits per heavy atom. The predicted molar refractivity (Wildman–Crippen MR) is 69.3 cm³/mol. The Bertz CT molecular complexity index is 676. The maximum Gasteiger partial charge on any atom is 0.255 e. The van der Waals surface area contributed by atoms with E-state index in [-0.39, 0.29) is 23.6 Å². The SMILES string of the molecule is Nc1ccc2c(c1)CN(C13CC(C1)C(=O)NC3=O)C2=O. The van der Waals surface area contributed by atoms with Crippen LogP contribution in [-0.2, 0) is 16.1 Å². The smallest absolute Gasteiger partial charge is 0.255 e. The predicted octanol–water partition coefficient (Wildman–Crippen LogP) is 0.0298. The minimum Gasteiger partial charge on any atom is -0.399 e. The van der Waals surface area contributed by atoms with E-state index in [1.807, 2.05) is 0 Å². The van der Waals surface area contributed by atoms with Gasteiger partial charge in [0.05, 0.1) is 0 Å². The average Bonchev–Trinajstić information content (AvgIpc) is 2.64. The molecule has 3 N–H and O–H groups in total. The minimum atomic E-state index is -0.844. The highest BCUT2D eigenvalue weighted by Gasteiger charge is 2.62. The Morgan fingerprint density at radius 2 is 2.00 bits per heavy atom. The number of benzene rings is 1. The van der Waals surface area contributed by atoms with Crippen LogP contribution in [0.2, 0.25) is 0 Å². The molecule has 0 spiro atoms. The van der Waals surface area contributed by atoms with Gasteiger partial charge in [0.15, 0.2) is 0 Å². The molecule has 3 amide bonds. The van der Waals surface area contributed by atoms with Crippen molar-refractivity contribution in [3.8, 4) is 0 Å². The van der Waals surface area contributed by atoms with E-state index in [1.54, 1.807) is 23.1 Å². The summed E-state index contributed by atoms with van der Waals surface area (Å²) in [6, 6.07) is 5.16. The van der Waals surface area contributed by atoms with E-state index in [4.69, 9.17) is 5.73 Å². The fraction of sp³-hybridized carbons (Fsp3) is 0.357. The Hall–Kier alpha value is -2.37. The van der Waals surface area contributed by atoms with Gasteiger partial charge in [-0.15, -0.1) is 0 Å². The third kappa shape index (κ3) is 1.21. The van der Waals surface area contributed by atoms with Crippen LogP contribution in [-0.4, -0.2) is 28.2 Å². The molecule has 6 heteroatoms. The van der Waals surface area contributed by atoms with E-state index in [0.29, 0.717) is 30.6 Å². The van der Waals surface area contributed by atoms with Gasteiger partial charge in [-0.05, 0) is 36.6 Å². The summed E-state index contributed by atoms with van der Waals surface area (Å²) in [5.74, 6) is -0.860. The second kappa shape index (κ2) is 3.39. The number of piperidine rings is 2. The summed E-state index contributed by atoms with van der Waals surface area (Å²) in [6.07, 6.45) is 0.875. The third-order valence-electron chi connectivity index (χ3n) is 4.65. The van der Waals surface area contributed by atoms with Crippen molar-refractivity contribution in [1.82, 2.24) is 10.2 Å². The number of carbonyl (C=O) groups is 3. The van der Waals surface area contributed by atoms with Gasteiger partial charge in [0.1, 0.15) is 5.54 Å². The molecule has 6 nitrogen and oxygen atoms in total. The number of amides is 3. The first kappa shape index (κ1) is 11.5.